The van der Waals surface area contributed by atoms with E-state index in [1.54, 1.807) is 0 Å². The van der Waals surface area contributed by atoms with E-state index < -0.39 is 0 Å². The van der Waals surface area contributed by atoms with Crippen molar-refractivity contribution in [3.8, 4) is 0 Å². The molecule has 2 atom stereocenters. The topological polar surface area (TPSA) is 38.7 Å². The first-order chi connectivity index (χ1) is 8.15. The Morgan fingerprint density at radius 3 is 2.82 bits per heavy atom. The van der Waals surface area contributed by atoms with Crippen LogP contribution in [0.4, 0.5) is 0 Å². The van der Waals surface area contributed by atoms with Crippen LogP contribution in [0.5, 0.6) is 0 Å². The Bertz CT molecular complexity index is 233. The third-order valence-electron chi connectivity index (χ3n) is 3.94. The Balaban J connectivity index is 1.65. The van der Waals surface area contributed by atoms with Gasteiger partial charge in [-0.2, -0.15) is 0 Å². The number of hydrogen-bond donors (Lipinski definition) is 2. The van der Waals surface area contributed by atoms with Crippen molar-refractivity contribution < 1.29 is 5.11 Å². The lowest BCUT2D eigenvalue weighted by Crippen LogP contribution is -2.48. The van der Waals surface area contributed by atoms with Gasteiger partial charge in [-0.05, 0) is 46.3 Å². The van der Waals surface area contributed by atoms with Crippen molar-refractivity contribution in [2.75, 3.05) is 40.3 Å². The Labute approximate surface area is 105 Å². The maximum absolute atomic E-state index is 9.98. The van der Waals surface area contributed by atoms with Gasteiger partial charge in [-0.25, -0.2) is 0 Å². The van der Waals surface area contributed by atoms with E-state index in [4.69, 9.17) is 0 Å². The molecule has 2 fully saturated rings. The molecule has 4 heteroatoms. The van der Waals surface area contributed by atoms with Gasteiger partial charge in [-0.15, -0.1) is 0 Å². The molecule has 2 N–H and O–H groups in total. The van der Waals surface area contributed by atoms with E-state index in [0.29, 0.717) is 12.1 Å². The molecule has 1 saturated carbocycles. The van der Waals surface area contributed by atoms with Crippen molar-refractivity contribution in [1.82, 2.24) is 15.1 Å². The van der Waals surface area contributed by atoms with E-state index in [2.05, 4.69) is 29.2 Å². The quantitative estimate of drug-likeness (QED) is 0.693. The fraction of sp³-hybridized carbons (Fsp3) is 1.00. The number of likely N-dealkylation sites (tertiary alicyclic amines) is 1. The summed E-state index contributed by atoms with van der Waals surface area (Å²) < 4.78 is 0. The summed E-state index contributed by atoms with van der Waals surface area (Å²) >= 11 is 0. The maximum atomic E-state index is 9.98. The van der Waals surface area contributed by atoms with Crippen LogP contribution in [-0.4, -0.2) is 73.4 Å². The average molecular weight is 241 g/mol. The summed E-state index contributed by atoms with van der Waals surface area (Å²) in [6.45, 7) is 3.89. The van der Waals surface area contributed by atoms with Gasteiger partial charge >= 0.3 is 0 Å². The lowest BCUT2D eigenvalue weighted by Gasteiger charge is -2.36. The van der Waals surface area contributed by atoms with Crippen LogP contribution in [-0.2, 0) is 0 Å². The van der Waals surface area contributed by atoms with E-state index in [1.807, 2.05) is 0 Å². The Morgan fingerprint density at radius 2 is 2.18 bits per heavy atom. The molecule has 0 aromatic heterocycles. The van der Waals surface area contributed by atoms with Gasteiger partial charge in [0.1, 0.15) is 0 Å². The summed E-state index contributed by atoms with van der Waals surface area (Å²) in [5.74, 6) is 0. The first-order valence-corrected chi connectivity index (χ1v) is 6.95. The fourth-order valence-corrected chi connectivity index (χ4v) is 2.64. The SMILES string of the molecule is CN1CCCC(N(C)CC(O)CNC2CC2)C1. The van der Waals surface area contributed by atoms with Crippen LogP contribution in [0.2, 0.25) is 0 Å². The van der Waals surface area contributed by atoms with Crippen molar-refractivity contribution in [1.29, 1.82) is 0 Å². The van der Waals surface area contributed by atoms with Gasteiger partial charge in [0.15, 0.2) is 0 Å². The van der Waals surface area contributed by atoms with Gasteiger partial charge < -0.3 is 15.3 Å². The fourth-order valence-electron chi connectivity index (χ4n) is 2.64. The summed E-state index contributed by atoms with van der Waals surface area (Å²) in [7, 11) is 4.33. The summed E-state index contributed by atoms with van der Waals surface area (Å²) in [5, 5.41) is 13.4. The summed E-state index contributed by atoms with van der Waals surface area (Å²) in [6.07, 6.45) is 4.89. The van der Waals surface area contributed by atoms with Crippen molar-refractivity contribution in [3.63, 3.8) is 0 Å². The van der Waals surface area contributed by atoms with Crippen LogP contribution in [0.25, 0.3) is 0 Å². The highest BCUT2D eigenvalue weighted by atomic mass is 16.3. The van der Waals surface area contributed by atoms with E-state index in [0.717, 1.165) is 19.6 Å². The normalized spacial score (nSPS) is 28.6. The second-order valence-corrected chi connectivity index (χ2v) is 5.83. The molecular formula is C13H27N3O. The van der Waals surface area contributed by atoms with E-state index in [1.165, 1.54) is 32.2 Å². The molecular weight excluding hydrogens is 214 g/mol. The molecule has 2 rings (SSSR count). The molecule has 0 amide bonds. The smallest absolute Gasteiger partial charge is 0.0791 e. The highest BCUT2D eigenvalue weighted by molar-refractivity contribution is 4.83. The Morgan fingerprint density at radius 1 is 1.41 bits per heavy atom. The number of nitrogens with zero attached hydrogens (tertiary/aromatic N) is 2. The minimum atomic E-state index is -0.229. The molecule has 4 nitrogen and oxygen atoms in total. The molecule has 1 saturated heterocycles. The number of likely N-dealkylation sites (N-methyl/N-ethyl adjacent to an activating group) is 2. The molecule has 0 spiro atoms. The molecule has 0 bridgehead atoms. The second kappa shape index (κ2) is 6.14. The predicted octanol–water partition coefficient (Wildman–Crippen LogP) is 0.125. The monoisotopic (exact) mass is 241 g/mol. The zero-order chi connectivity index (χ0) is 12.3. The van der Waals surface area contributed by atoms with Crippen molar-refractivity contribution >= 4 is 0 Å². The molecule has 17 heavy (non-hydrogen) atoms. The molecule has 2 unspecified atom stereocenters. The lowest BCUT2D eigenvalue weighted by atomic mass is 10.0. The molecule has 100 valence electrons. The van der Waals surface area contributed by atoms with E-state index in [9.17, 15) is 5.11 Å². The number of nitrogens with one attached hydrogen (secondary N) is 1. The number of aliphatic hydroxyl groups excluding tert-OH is 1. The van der Waals surface area contributed by atoms with Crippen LogP contribution in [0.15, 0.2) is 0 Å². The first kappa shape index (κ1) is 13.3. The van der Waals surface area contributed by atoms with Crippen LogP contribution < -0.4 is 5.32 Å². The summed E-state index contributed by atoms with van der Waals surface area (Å²) in [4.78, 5) is 4.72. The molecule has 0 radical (unpaired) electrons. The highest BCUT2D eigenvalue weighted by Gasteiger charge is 2.24. The average Bonchev–Trinajstić information content (AvgIpc) is 3.10. The number of hydrogen-bond acceptors (Lipinski definition) is 4. The van der Waals surface area contributed by atoms with Gasteiger partial charge in [0, 0.05) is 31.7 Å². The summed E-state index contributed by atoms with van der Waals surface area (Å²) in [6, 6.07) is 1.31. The van der Waals surface area contributed by atoms with Crippen LogP contribution in [0.3, 0.4) is 0 Å². The molecule has 0 aromatic carbocycles. The number of piperidine rings is 1. The first-order valence-electron chi connectivity index (χ1n) is 6.95. The third kappa shape index (κ3) is 4.54. The van der Waals surface area contributed by atoms with Gasteiger partial charge in [0.25, 0.3) is 0 Å². The van der Waals surface area contributed by atoms with Gasteiger partial charge in [-0.3, -0.25) is 4.90 Å². The van der Waals surface area contributed by atoms with Crippen molar-refractivity contribution in [2.45, 2.75) is 43.9 Å². The highest BCUT2D eigenvalue weighted by Crippen LogP contribution is 2.18. The molecule has 0 aromatic rings. The van der Waals surface area contributed by atoms with Crippen molar-refractivity contribution in [3.05, 3.63) is 0 Å². The minimum absolute atomic E-state index is 0.229. The minimum Gasteiger partial charge on any atom is -0.390 e. The lowest BCUT2D eigenvalue weighted by molar-refractivity contribution is 0.0739. The van der Waals surface area contributed by atoms with Crippen LogP contribution >= 0.6 is 0 Å². The largest absolute Gasteiger partial charge is 0.390 e. The third-order valence-corrected chi connectivity index (χ3v) is 3.94. The van der Waals surface area contributed by atoms with E-state index >= 15 is 0 Å². The van der Waals surface area contributed by atoms with Gasteiger partial charge in [-0.1, -0.05) is 0 Å². The Hall–Kier alpha value is -0.160. The second-order valence-electron chi connectivity index (χ2n) is 5.83. The van der Waals surface area contributed by atoms with E-state index in [-0.39, 0.29) is 6.10 Å². The molecule has 2 aliphatic rings. The molecule has 1 aliphatic heterocycles. The molecule has 1 aliphatic carbocycles. The number of aliphatic hydroxyl groups is 1. The van der Waals surface area contributed by atoms with Gasteiger partial charge in [0.2, 0.25) is 0 Å². The maximum Gasteiger partial charge on any atom is 0.0791 e. The standard InChI is InChI=1S/C13H27N3O/c1-15-7-3-4-12(9-15)16(2)10-13(17)8-14-11-5-6-11/h11-14,17H,3-10H2,1-2H3. The van der Waals surface area contributed by atoms with Crippen molar-refractivity contribution in [2.24, 2.45) is 0 Å². The zero-order valence-corrected chi connectivity index (χ0v) is 11.2. The van der Waals surface area contributed by atoms with Crippen LogP contribution in [0, 0.1) is 0 Å². The van der Waals surface area contributed by atoms with Gasteiger partial charge in [0.05, 0.1) is 6.10 Å². The summed E-state index contributed by atoms with van der Waals surface area (Å²) in [5.41, 5.74) is 0. The van der Waals surface area contributed by atoms with Crippen LogP contribution in [0.1, 0.15) is 25.7 Å². The molecule has 1 heterocycles. The zero-order valence-electron chi connectivity index (χ0n) is 11.2. The number of rotatable bonds is 6. The predicted molar refractivity (Wildman–Crippen MR) is 70.2 cm³/mol. The Kier molecular flexibility index (Phi) is 4.79.